The van der Waals surface area contributed by atoms with Gasteiger partial charge in [-0.15, -0.1) is 0 Å². The molecule has 2 rings (SSSR count). The number of benzene rings is 1. The van der Waals surface area contributed by atoms with E-state index in [2.05, 4.69) is 16.0 Å². The number of methoxy groups -OCH3 is 1. The standard InChI is InChI=1S/C20H27N3O10/c1-10(24)22-14-12(25)8-20(32-2,19(30)31)33-16(14)15(27)13(26)9-21-17(28)18(29)23-11-6-4-3-5-7-11/h3-7,12-16,25-27H,8-9H2,1-2H3,(H,21,28)(H,22,24)(H,23,29)(H,30,31)/t12-,13+,14+,15+,16+,20+/m0/s1. The van der Waals surface area contributed by atoms with Crippen molar-refractivity contribution in [2.24, 2.45) is 0 Å². The van der Waals surface area contributed by atoms with Crippen molar-refractivity contribution in [3.63, 3.8) is 0 Å². The zero-order valence-electron chi connectivity index (χ0n) is 17.9. The van der Waals surface area contributed by atoms with Crippen molar-refractivity contribution in [1.82, 2.24) is 10.6 Å². The Balaban J connectivity index is 2.08. The Kier molecular flexibility index (Phi) is 8.84. The van der Waals surface area contributed by atoms with Crippen LogP contribution in [-0.2, 0) is 28.7 Å². The van der Waals surface area contributed by atoms with Gasteiger partial charge in [-0.05, 0) is 12.1 Å². The third kappa shape index (κ3) is 6.46. The van der Waals surface area contributed by atoms with E-state index in [1.54, 1.807) is 30.3 Å². The molecule has 1 aromatic carbocycles. The molecule has 6 atom stereocenters. The van der Waals surface area contributed by atoms with E-state index in [4.69, 9.17) is 9.47 Å². The van der Waals surface area contributed by atoms with Crippen LogP contribution in [-0.4, -0.2) is 94.0 Å². The number of nitrogens with one attached hydrogen (secondary N) is 3. The van der Waals surface area contributed by atoms with Crippen LogP contribution in [0.1, 0.15) is 13.3 Å². The SMILES string of the molecule is CO[C@]1(C(=O)O)C[C@H](O)[C@@H](NC(C)=O)[C@H]([C@H](O)[C@H](O)CNC(=O)C(=O)Nc2ccccc2)O1. The normalized spacial score (nSPS) is 26.5. The lowest BCUT2D eigenvalue weighted by molar-refractivity contribution is -0.303. The first-order chi connectivity index (χ1) is 15.5. The number of hydrogen-bond donors (Lipinski definition) is 7. The zero-order valence-corrected chi connectivity index (χ0v) is 17.9. The minimum absolute atomic E-state index is 0.366. The number of anilines is 1. The fraction of sp³-hybridized carbons (Fsp3) is 0.500. The minimum atomic E-state index is -2.35. The van der Waals surface area contributed by atoms with Crippen molar-refractivity contribution < 1.29 is 49.1 Å². The number of rotatable bonds is 8. The van der Waals surface area contributed by atoms with Crippen molar-refractivity contribution in [2.75, 3.05) is 19.0 Å². The van der Waals surface area contributed by atoms with Crippen LogP contribution in [0.5, 0.6) is 0 Å². The molecule has 1 aromatic rings. The van der Waals surface area contributed by atoms with Crippen molar-refractivity contribution in [2.45, 2.75) is 49.6 Å². The van der Waals surface area contributed by atoms with E-state index in [1.165, 1.54) is 0 Å². The molecule has 0 spiro atoms. The molecule has 1 heterocycles. The molecule has 0 aromatic heterocycles. The molecule has 13 nitrogen and oxygen atoms in total. The van der Waals surface area contributed by atoms with Gasteiger partial charge in [0.15, 0.2) is 0 Å². The maximum absolute atomic E-state index is 12.0. The minimum Gasteiger partial charge on any atom is -0.477 e. The fourth-order valence-corrected chi connectivity index (χ4v) is 3.34. The Morgan fingerprint density at radius 3 is 2.36 bits per heavy atom. The Morgan fingerprint density at radius 1 is 1.18 bits per heavy atom. The van der Waals surface area contributed by atoms with Crippen molar-refractivity contribution >= 4 is 29.4 Å². The van der Waals surface area contributed by atoms with E-state index >= 15 is 0 Å². The summed E-state index contributed by atoms with van der Waals surface area (Å²) >= 11 is 0. The predicted molar refractivity (Wildman–Crippen MR) is 111 cm³/mol. The number of carboxylic acid groups (broad SMARTS) is 1. The number of carbonyl (C=O) groups is 4. The first kappa shape index (κ1) is 26.2. The number of carbonyl (C=O) groups excluding carboxylic acids is 3. The van der Waals surface area contributed by atoms with Crippen LogP contribution in [0.15, 0.2) is 30.3 Å². The highest BCUT2D eigenvalue weighted by Gasteiger charge is 2.55. The maximum Gasteiger partial charge on any atom is 0.364 e. The average molecular weight is 469 g/mol. The first-order valence-corrected chi connectivity index (χ1v) is 9.92. The summed E-state index contributed by atoms with van der Waals surface area (Å²) in [5.41, 5.74) is 0.366. The smallest absolute Gasteiger partial charge is 0.364 e. The van der Waals surface area contributed by atoms with Crippen LogP contribution in [0.25, 0.3) is 0 Å². The number of aliphatic hydroxyl groups is 3. The topological polar surface area (TPSA) is 204 Å². The van der Waals surface area contributed by atoms with E-state index in [0.717, 1.165) is 14.0 Å². The highest BCUT2D eigenvalue weighted by molar-refractivity contribution is 6.39. The molecule has 33 heavy (non-hydrogen) atoms. The Morgan fingerprint density at radius 2 is 1.82 bits per heavy atom. The van der Waals surface area contributed by atoms with Crippen LogP contribution in [0.4, 0.5) is 5.69 Å². The lowest BCUT2D eigenvalue weighted by Crippen LogP contribution is -2.68. The molecule has 13 heteroatoms. The number of carboxylic acids is 1. The van der Waals surface area contributed by atoms with Gasteiger partial charge in [0, 0.05) is 32.7 Å². The van der Waals surface area contributed by atoms with Gasteiger partial charge < -0.3 is 45.9 Å². The summed E-state index contributed by atoms with van der Waals surface area (Å²) in [6.07, 6.45) is -7.40. The quantitative estimate of drug-likeness (QED) is 0.200. The molecule has 1 saturated heterocycles. The summed E-state index contributed by atoms with van der Waals surface area (Å²) < 4.78 is 10.3. The second-order valence-corrected chi connectivity index (χ2v) is 7.43. The van der Waals surface area contributed by atoms with E-state index in [1.807, 2.05) is 0 Å². The second-order valence-electron chi connectivity index (χ2n) is 7.43. The summed E-state index contributed by atoms with van der Waals surface area (Å²) in [7, 11) is 1.02. The van der Waals surface area contributed by atoms with Crippen molar-refractivity contribution in [3.8, 4) is 0 Å². The molecule has 1 aliphatic heterocycles. The zero-order chi connectivity index (χ0) is 24.8. The number of hydrogen-bond acceptors (Lipinski definition) is 9. The van der Waals surface area contributed by atoms with Crippen molar-refractivity contribution in [1.29, 1.82) is 0 Å². The van der Waals surface area contributed by atoms with Gasteiger partial charge in [-0.3, -0.25) is 14.4 Å². The highest BCUT2D eigenvalue weighted by atomic mass is 16.7. The second kappa shape index (κ2) is 11.2. The van der Waals surface area contributed by atoms with Crippen LogP contribution in [0.3, 0.4) is 0 Å². The van der Waals surface area contributed by atoms with Gasteiger partial charge in [-0.25, -0.2) is 4.79 Å². The largest absolute Gasteiger partial charge is 0.477 e. The molecule has 0 saturated carbocycles. The molecule has 0 aliphatic carbocycles. The van der Waals surface area contributed by atoms with E-state index in [-0.39, 0.29) is 0 Å². The van der Waals surface area contributed by atoms with Crippen molar-refractivity contribution in [3.05, 3.63) is 30.3 Å². The monoisotopic (exact) mass is 469 g/mol. The Bertz CT molecular complexity index is 867. The molecular formula is C20H27N3O10. The van der Waals surface area contributed by atoms with Crippen LogP contribution >= 0.6 is 0 Å². The molecule has 1 aliphatic rings. The van der Waals surface area contributed by atoms with Crippen LogP contribution in [0, 0.1) is 0 Å². The lowest BCUT2D eigenvalue weighted by atomic mass is 9.88. The fourth-order valence-electron chi connectivity index (χ4n) is 3.34. The predicted octanol–water partition coefficient (Wildman–Crippen LogP) is -2.46. The Labute approximate surface area is 188 Å². The molecule has 3 amide bonds. The summed E-state index contributed by atoms with van der Waals surface area (Å²) in [4.78, 5) is 47.2. The summed E-state index contributed by atoms with van der Waals surface area (Å²) in [6.45, 7) is 0.505. The van der Waals surface area contributed by atoms with Crippen LogP contribution in [0.2, 0.25) is 0 Å². The third-order valence-electron chi connectivity index (χ3n) is 5.04. The van der Waals surface area contributed by atoms with Gasteiger partial charge in [0.1, 0.15) is 12.2 Å². The maximum atomic E-state index is 12.0. The summed E-state index contributed by atoms with van der Waals surface area (Å²) in [5, 5.41) is 47.7. The lowest BCUT2D eigenvalue weighted by Gasteiger charge is -2.46. The van der Waals surface area contributed by atoms with Gasteiger partial charge in [0.05, 0.1) is 18.2 Å². The van der Waals surface area contributed by atoms with E-state index < -0.39 is 72.9 Å². The molecule has 0 radical (unpaired) electrons. The average Bonchev–Trinajstić information content (AvgIpc) is 2.78. The van der Waals surface area contributed by atoms with Gasteiger partial charge in [-0.1, -0.05) is 18.2 Å². The number of aliphatic hydroxyl groups excluding tert-OH is 3. The first-order valence-electron chi connectivity index (χ1n) is 9.92. The van der Waals surface area contributed by atoms with Gasteiger partial charge >= 0.3 is 17.8 Å². The molecule has 0 unspecified atom stereocenters. The molecule has 0 bridgehead atoms. The van der Waals surface area contributed by atoms with E-state index in [0.29, 0.717) is 5.69 Å². The Hall–Kier alpha value is -3.10. The van der Waals surface area contributed by atoms with Gasteiger partial charge in [0.25, 0.3) is 5.79 Å². The van der Waals surface area contributed by atoms with Crippen LogP contribution < -0.4 is 16.0 Å². The number of para-hydroxylation sites is 1. The van der Waals surface area contributed by atoms with Gasteiger partial charge in [-0.2, -0.15) is 0 Å². The number of amides is 3. The molecular weight excluding hydrogens is 442 g/mol. The molecule has 7 N–H and O–H groups in total. The summed E-state index contributed by atoms with van der Waals surface area (Å²) in [6, 6.07) is 6.83. The number of ether oxygens (including phenoxy) is 2. The highest BCUT2D eigenvalue weighted by Crippen LogP contribution is 2.32. The van der Waals surface area contributed by atoms with E-state index in [9.17, 15) is 39.6 Å². The molecule has 182 valence electrons. The summed E-state index contributed by atoms with van der Waals surface area (Å²) in [5.74, 6) is -6.68. The van der Waals surface area contributed by atoms with Gasteiger partial charge in [0.2, 0.25) is 5.91 Å². The number of aliphatic carboxylic acids is 1. The molecule has 1 fully saturated rings. The third-order valence-corrected chi connectivity index (χ3v) is 5.04.